The fourth-order valence-corrected chi connectivity index (χ4v) is 6.54. The molecule has 1 fully saturated rings. The average Bonchev–Trinajstić information content (AvgIpc) is 2.98. The van der Waals surface area contributed by atoms with Gasteiger partial charge in [0.25, 0.3) is 0 Å². The fourth-order valence-electron chi connectivity index (χ4n) is 4.91. The Bertz CT molecular complexity index is 918. The number of unbranched alkanes of at least 4 members (excludes halogenated alkanes) is 4. The minimum Gasteiger partial charge on any atom is -0.380 e. The van der Waals surface area contributed by atoms with Crippen LogP contribution in [0.3, 0.4) is 0 Å². The van der Waals surface area contributed by atoms with Crippen LogP contribution in [0.4, 0.5) is 0 Å². The van der Waals surface area contributed by atoms with E-state index in [1.807, 2.05) is 17.8 Å². The molecular weight excluding hydrogens is 520 g/mol. The lowest BCUT2D eigenvalue weighted by molar-refractivity contribution is -0.149. The topological polar surface area (TPSA) is 62.7 Å². The van der Waals surface area contributed by atoms with E-state index in [2.05, 4.69) is 61.9 Å². The largest absolute Gasteiger partial charge is 0.380 e. The number of thioether (sulfide) groups is 1. The highest BCUT2D eigenvalue weighted by Gasteiger charge is 2.48. The zero-order chi connectivity index (χ0) is 28.4. The molecule has 6 nitrogen and oxygen atoms in total. The lowest BCUT2D eigenvalue weighted by Gasteiger charge is -2.46. The normalized spacial score (nSPS) is 22.9. The summed E-state index contributed by atoms with van der Waals surface area (Å²) in [7, 11) is 0. The van der Waals surface area contributed by atoms with Crippen molar-refractivity contribution in [3.8, 4) is 0 Å². The van der Waals surface area contributed by atoms with Gasteiger partial charge in [-0.05, 0) is 42.9 Å². The molecule has 1 aromatic carbocycles. The fraction of sp³-hybridized carbons (Fsp3) is 0.697. The zero-order valence-corrected chi connectivity index (χ0v) is 26.1. The first-order valence-corrected chi connectivity index (χ1v) is 16.6. The number of nitrogens with zero attached hydrogens (tertiary/aromatic N) is 2. The maximum absolute atomic E-state index is 6.73. The van der Waals surface area contributed by atoms with Crippen LogP contribution >= 0.6 is 11.8 Å². The molecule has 7 heteroatoms. The standard InChI is InChI=1S/C33H52N2O4S/c1-5-9-19-36-25-28-30(37-20-10-6-2)31(38-21-11-7-3)32(39-22-12-8-4)33(40-28)27-16-13-15-26(23-27)24-29-34-17-14-18-35-29/h13-18,23,28,30-33H,5-12,19-22,24-25H2,1-4H3/t28-,30-,31+,32-,33+/m1/s1. The van der Waals surface area contributed by atoms with Gasteiger partial charge >= 0.3 is 0 Å². The highest BCUT2D eigenvalue weighted by Crippen LogP contribution is 2.47. The summed E-state index contributed by atoms with van der Waals surface area (Å²) in [6.45, 7) is 12.4. The number of aromatic nitrogens is 2. The Hall–Kier alpha value is -1.51. The van der Waals surface area contributed by atoms with E-state index in [1.54, 1.807) is 12.4 Å². The van der Waals surface area contributed by atoms with Gasteiger partial charge in [0.05, 0.1) is 17.1 Å². The van der Waals surface area contributed by atoms with Gasteiger partial charge < -0.3 is 18.9 Å². The van der Waals surface area contributed by atoms with Crippen LogP contribution in [0, 0.1) is 0 Å². The minimum atomic E-state index is -0.146. The van der Waals surface area contributed by atoms with Gasteiger partial charge in [0.15, 0.2) is 0 Å². The first-order valence-electron chi connectivity index (χ1n) is 15.6. The smallest absolute Gasteiger partial charge is 0.132 e. The lowest BCUT2D eigenvalue weighted by atomic mass is 9.94. The summed E-state index contributed by atoms with van der Waals surface area (Å²) in [5, 5.41) is 0.281. The zero-order valence-electron chi connectivity index (χ0n) is 25.3. The summed E-state index contributed by atoms with van der Waals surface area (Å²) in [6.07, 6.45) is 12.6. The van der Waals surface area contributed by atoms with Crippen molar-refractivity contribution in [2.24, 2.45) is 0 Å². The molecule has 40 heavy (non-hydrogen) atoms. The van der Waals surface area contributed by atoms with Crippen LogP contribution < -0.4 is 0 Å². The van der Waals surface area contributed by atoms with Crippen molar-refractivity contribution in [1.82, 2.24) is 9.97 Å². The maximum atomic E-state index is 6.73. The highest BCUT2D eigenvalue weighted by molar-refractivity contribution is 8.00. The van der Waals surface area contributed by atoms with Crippen LogP contribution in [0.1, 0.15) is 101 Å². The summed E-state index contributed by atoms with van der Waals surface area (Å²) in [5.74, 6) is 0.832. The van der Waals surface area contributed by atoms with Crippen molar-refractivity contribution in [2.45, 2.75) is 114 Å². The molecular formula is C33H52N2O4S. The monoisotopic (exact) mass is 572 g/mol. The molecule has 2 heterocycles. The highest BCUT2D eigenvalue weighted by atomic mass is 32.2. The van der Waals surface area contributed by atoms with Crippen LogP contribution in [0.2, 0.25) is 0 Å². The van der Waals surface area contributed by atoms with Gasteiger partial charge in [-0.3, -0.25) is 0 Å². The van der Waals surface area contributed by atoms with Crippen molar-refractivity contribution in [3.63, 3.8) is 0 Å². The Kier molecular flexibility index (Phi) is 16.2. The van der Waals surface area contributed by atoms with E-state index in [0.717, 1.165) is 77.0 Å². The third-order valence-electron chi connectivity index (χ3n) is 7.24. The van der Waals surface area contributed by atoms with Gasteiger partial charge in [-0.15, -0.1) is 11.8 Å². The molecule has 0 radical (unpaired) electrons. The second-order valence-electron chi connectivity index (χ2n) is 10.7. The number of ether oxygens (including phenoxy) is 4. The number of hydrogen-bond acceptors (Lipinski definition) is 7. The Morgan fingerprint density at radius 3 is 1.95 bits per heavy atom. The van der Waals surface area contributed by atoms with Gasteiger partial charge in [-0.2, -0.15) is 0 Å². The summed E-state index contributed by atoms with van der Waals surface area (Å²) in [4.78, 5) is 8.89. The van der Waals surface area contributed by atoms with Crippen LogP contribution in [0.15, 0.2) is 42.7 Å². The Balaban J connectivity index is 1.93. The van der Waals surface area contributed by atoms with E-state index < -0.39 is 0 Å². The second kappa shape index (κ2) is 19.6. The lowest BCUT2D eigenvalue weighted by Crippen LogP contribution is -2.55. The molecule has 0 unspecified atom stereocenters. The molecule has 0 aliphatic carbocycles. The van der Waals surface area contributed by atoms with Crippen molar-refractivity contribution in [1.29, 1.82) is 0 Å². The molecule has 0 spiro atoms. The quantitative estimate of drug-likeness (QED) is 0.151. The number of rotatable bonds is 20. The van der Waals surface area contributed by atoms with Gasteiger partial charge in [-0.25, -0.2) is 9.97 Å². The molecule has 2 aromatic rings. The number of hydrogen-bond donors (Lipinski definition) is 0. The molecule has 1 aliphatic rings. The van der Waals surface area contributed by atoms with Crippen molar-refractivity contribution in [2.75, 3.05) is 33.0 Å². The van der Waals surface area contributed by atoms with Crippen LogP contribution in [0.5, 0.6) is 0 Å². The van der Waals surface area contributed by atoms with Gasteiger partial charge in [0.1, 0.15) is 24.1 Å². The SMILES string of the molecule is CCCCOC[C@H]1S[C@@H](c2cccc(Cc3ncccn3)c2)[C@H](OCCCC)[C@@H](OCCCC)[C@@H]1OCCCC. The average molecular weight is 573 g/mol. The van der Waals surface area contributed by atoms with E-state index in [-0.39, 0.29) is 28.8 Å². The molecule has 1 saturated heterocycles. The summed E-state index contributed by atoms with van der Waals surface area (Å²) >= 11 is 1.95. The molecule has 0 amide bonds. The third kappa shape index (κ3) is 10.7. The Labute approximate surface area is 247 Å². The summed E-state index contributed by atoms with van der Waals surface area (Å²) in [6, 6.07) is 10.7. The van der Waals surface area contributed by atoms with Crippen LogP contribution in [-0.2, 0) is 25.4 Å². The molecule has 1 aliphatic heterocycles. The Morgan fingerprint density at radius 2 is 1.30 bits per heavy atom. The van der Waals surface area contributed by atoms with Gasteiger partial charge in [0.2, 0.25) is 0 Å². The molecule has 3 rings (SSSR count). The second-order valence-corrected chi connectivity index (χ2v) is 12.1. The van der Waals surface area contributed by atoms with Gasteiger partial charge in [0, 0.05) is 45.2 Å². The van der Waals surface area contributed by atoms with Crippen LogP contribution in [-0.4, -0.2) is 66.6 Å². The molecule has 224 valence electrons. The van der Waals surface area contributed by atoms with Crippen molar-refractivity contribution >= 4 is 11.8 Å². The van der Waals surface area contributed by atoms with Gasteiger partial charge in [-0.1, -0.05) is 77.6 Å². The predicted octanol–water partition coefficient (Wildman–Crippen LogP) is 7.60. The van der Waals surface area contributed by atoms with E-state index in [0.29, 0.717) is 19.6 Å². The molecule has 0 bridgehead atoms. The summed E-state index contributed by atoms with van der Waals surface area (Å²) < 4.78 is 26.3. The molecule has 1 aromatic heterocycles. The van der Waals surface area contributed by atoms with Crippen molar-refractivity contribution in [3.05, 3.63) is 59.7 Å². The first-order chi connectivity index (χ1) is 19.7. The summed E-state index contributed by atoms with van der Waals surface area (Å²) in [5.41, 5.74) is 2.46. The maximum Gasteiger partial charge on any atom is 0.132 e. The predicted molar refractivity (Wildman–Crippen MR) is 165 cm³/mol. The minimum absolute atomic E-state index is 0.0705. The van der Waals surface area contributed by atoms with Crippen molar-refractivity contribution < 1.29 is 18.9 Å². The molecule has 5 atom stereocenters. The molecule has 0 N–H and O–H groups in total. The Morgan fingerprint density at radius 1 is 0.700 bits per heavy atom. The van der Waals surface area contributed by atoms with E-state index in [1.165, 1.54) is 11.1 Å². The molecule has 0 saturated carbocycles. The third-order valence-corrected chi connectivity index (χ3v) is 8.83. The van der Waals surface area contributed by atoms with E-state index in [9.17, 15) is 0 Å². The van der Waals surface area contributed by atoms with E-state index >= 15 is 0 Å². The number of benzene rings is 1. The first kappa shape index (κ1) is 33.0. The van der Waals surface area contributed by atoms with Crippen LogP contribution in [0.25, 0.3) is 0 Å². The van der Waals surface area contributed by atoms with E-state index in [4.69, 9.17) is 18.9 Å².